The number of nitrogens with zero attached hydrogens (tertiary/aromatic N) is 1. The van der Waals surface area contributed by atoms with E-state index in [0.717, 1.165) is 37.9 Å². The maximum absolute atomic E-state index is 5.60. The van der Waals surface area contributed by atoms with Gasteiger partial charge in [0, 0.05) is 17.8 Å². The molecule has 2 aromatic rings. The Morgan fingerprint density at radius 3 is 2.95 bits per heavy atom. The predicted molar refractivity (Wildman–Crippen MR) is 95.8 cm³/mol. The van der Waals surface area contributed by atoms with Crippen molar-refractivity contribution in [2.45, 2.75) is 52.4 Å². The minimum Gasteiger partial charge on any atom is -0.346 e. The number of hydrogen-bond acceptors (Lipinski definition) is 2. The van der Waals surface area contributed by atoms with Gasteiger partial charge in [-0.3, -0.25) is 0 Å². The van der Waals surface area contributed by atoms with Crippen LogP contribution in [0.3, 0.4) is 0 Å². The highest BCUT2D eigenvalue weighted by molar-refractivity contribution is 5.85. The highest BCUT2D eigenvalue weighted by atomic mass is 14.8. The SMILES string of the molecule is C=C(CCC)c1cnc2[nH]ccc2c1CC(C)CCCCN. The third-order valence-electron chi connectivity index (χ3n) is 4.33. The van der Waals surface area contributed by atoms with Gasteiger partial charge in [0.15, 0.2) is 0 Å². The molecule has 0 spiro atoms. The first-order valence-electron chi connectivity index (χ1n) is 8.50. The molecule has 120 valence electrons. The zero-order chi connectivity index (χ0) is 15.9. The topological polar surface area (TPSA) is 54.7 Å². The van der Waals surface area contributed by atoms with E-state index in [4.69, 9.17) is 5.73 Å². The first-order valence-corrected chi connectivity index (χ1v) is 8.50. The van der Waals surface area contributed by atoms with Crippen molar-refractivity contribution in [2.75, 3.05) is 6.54 Å². The maximum atomic E-state index is 5.60. The number of hydrogen-bond donors (Lipinski definition) is 2. The molecule has 0 aliphatic carbocycles. The molecule has 0 aromatic carbocycles. The molecule has 0 bridgehead atoms. The second kappa shape index (κ2) is 8.14. The Morgan fingerprint density at radius 1 is 1.41 bits per heavy atom. The zero-order valence-electron chi connectivity index (χ0n) is 14.0. The molecule has 3 nitrogen and oxygen atoms in total. The number of nitrogens with two attached hydrogens (primary N) is 1. The van der Waals surface area contributed by atoms with Crippen molar-refractivity contribution in [1.29, 1.82) is 0 Å². The lowest BCUT2D eigenvalue weighted by Crippen LogP contribution is -2.06. The van der Waals surface area contributed by atoms with Crippen LogP contribution in [-0.2, 0) is 6.42 Å². The Labute approximate surface area is 134 Å². The van der Waals surface area contributed by atoms with E-state index in [1.807, 2.05) is 12.4 Å². The van der Waals surface area contributed by atoms with Gasteiger partial charge >= 0.3 is 0 Å². The molecule has 3 N–H and O–H groups in total. The molecule has 2 heterocycles. The fraction of sp³-hybridized carbons (Fsp3) is 0.526. The van der Waals surface area contributed by atoms with E-state index in [1.54, 1.807) is 0 Å². The van der Waals surface area contributed by atoms with Gasteiger partial charge in [0.1, 0.15) is 5.65 Å². The first kappa shape index (κ1) is 16.8. The summed E-state index contributed by atoms with van der Waals surface area (Å²) >= 11 is 0. The van der Waals surface area contributed by atoms with Gasteiger partial charge in [0.05, 0.1) is 0 Å². The highest BCUT2D eigenvalue weighted by Gasteiger charge is 2.14. The number of rotatable bonds is 9. The number of H-pyrrole nitrogens is 1. The molecule has 0 radical (unpaired) electrons. The molecule has 0 saturated carbocycles. The van der Waals surface area contributed by atoms with Crippen molar-refractivity contribution in [3.63, 3.8) is 0 Å². The lowest BCUT2D eigenvalue weighted by atomic mass is 9.89. The van der Waals surface area contributed by atoms with Gasteiger partial charge in [-0.05, 0) is 54.5 Å². The fourth-order valence-electron chi connectivity index (χ4n) is 3.11. The van der Waals surface area contributed by atoms with Crippen molar-refractivity contribution < 1.29 is 0 Å². The van der Waals surface area contributed by atoms with Crippen LogP contribution < -0.4 is 5.73 Å². The number of pyridine rings is 1. The lowest BCUT2D eigenvalue weighted by Gasteiger charge is -2.17. The zero-order valence-corrected chi connectivity index (χ0v) is 14.0. The third kappa shape index (κ3) is 3.98. The Bertz CT molecular complexity index is 612. The van der Waals surface area contributed by atoms with Crippen LogP contribution in [0.5, 0.6) is 0 Å². The summed E-state index contributed by atoms with van der Waals surface area (Å²) in [6.07, 6.45) is 10.8. The Morgan fingerprint density at radius 2 is 2.23 bits per heavy atom. The van der Waals surface area contributed by atoms with Crippen LogP contribution in [0.25, 0.3) is 16.6 Å². The molecule has 0 fully saturated rings. The summed E-state index contributed by atoms with van der Waals surface area (Å²) in [7, 11) is 0. The van der Waals surface area contributed by atoms with Crippen molar-refractivity contribution in [3.8, 4) is 0 Å². The maximum Gasteiger partial charge on any atom is 0.137 e. The fourth-order valence-corrected chi connectivity index (χ4v) is 3.11. The van der Waals surface area contributed by atoms with Crippen molar-refractivity contribution in [2.24, 2.45) is 11.7 Å². The van der Waals surface area contributed by atoms with E-state index < -0.39 is 0 Å². The molecule has 1 atom stereocenters. The predicted octanol–water partition coefficient (Wildman–Crippen LogP) is 4.68. The summed E-state index contributed by atoms with van der Waals surface area (Å²) in [6, 6.07) is 2.15. The quantitative estimate of drug-likeness (QED) is 0.660. The third-order valence-corrected chi connectivity index (χ3v) is 4.33. The minimum atomic E-state index is 0.653. The number of nitrogens with one attached hydrogen (secondary N) is 1. The Hall–Kier alpha value is -1.61. The molecule has 0 saturated heterocycles. The van der Waals surface area contributed by atoms with Crippen molar-refractivity contribution >= 4 is 16.6 Å². The van der Waals surface area contributed by atoms with E-state index >= 15 is 0 Å². The molecule has 3 heteroatoms. The number of aromatic amines is 1. The smallest absolute Gasteiger partial charge is 0.137 e. The number of aromatic nitrogens is 2. The summed E-state index contributed by atoms with van der Waals surface area (Å²) in [6.45, 7) is 9.61. The highest BCUT2D eigenvalue weighted by Crippen LogP contribution is 2.30. The van der Waals surface area contributed by atoms with Crippen LogP contribution >= 0.6 is 0 Å². The Kier molecular flexibility index (Phi) is 6.20. The van der Waals surface area contributed by atoms with E-state index in [0.29, 0.717) is 5.92 Å². The van der Waals surface area contributed by atoms with E-state index in [-0.39, 0.29) is 0 Å². The van der Waals surface area contributed by atoms with Crippen LogP contribution in [-0.4, -0.2) is 16.5 Å². The first-order chi connectivity index (χ1) is 10.7. The van der Waals surface area contributed by atoms with Gasteiger partial charge in [0.25, 0.3) is 0 Å². The summed E-state index contributed by atoms with van der Waals surface area (Å²) in [4.78, 5) is 7.78. The van der Waals surface area contributed by atoms with Gasteiger partial charge in [-0.25, -0.2) is 4.98 Å². The number of allylic oxidation sites excluding steroid dienone is 1. The van der Waals surface area contributed by atoms with Crippen LogP contribution in [0.4, 0.5) is 0 Å². The summed E-state index contributed by atoms with van der Waals surface area (Å²) < 4.78 is 0. The van der Waals surface area contributed by atoms with Gasteiger partial charge in [0.2, 0.25) is 0 Å². The van der Waals surface area contributed by atoms with Crippen LogP contribution in [0.2, 0.25) is 0 Å². The van der Waals surface area contributed by atoms with E-state index in [2.05, 4.69) is 36.5 Å². The van der Waals surface area contributed by atoms with Crippen LogP contribution in [0.15, 0.2) is 25.0 Å². The van der Waals surface area contributed by atoms with E-state index in [9.17, 15) is 0 Å². The molecule has 2 rings (SSSR count). The molecule has 22 heavy (non-hydrogen) atoms. The summed E-state index contributed by atoms with van der Waals surface area (Å²) in [5.41, 5.74) is 10.5. The largest absolute Gasteiger partial charge is 0.346 e. The second-order valence-corrected chi connectivity index (χ2v) is 6.34. The molecular weight excluding hydrogens is 270 g/mol. The molecule has 2 aromatic heterocycles. The molecular formula is C19H29N3. The number of fused-ring (bicyclic) bond motifs is 1. The second-order valence-electron chi connectivity index (χ2n) is 6.34. The van der Waals surface area contributed by atoms with Crippen molar-refractivity contribution in [1.82, 2.24) is 9.97 Å². The summed E-state index contributed by atoms with van der Waals surface area (Å²) in [5.74, 6) is 0.653. The van der Waals surface area contributed by atoms with E-state index in [1.165, 1.54) is 34.9 Å². The molecule has 0 amide bonds. The van der Waals surface area contributed by atoms with Gasteiger partial charge in [-0.15, -0.1) is 0 Å². The minimum absolute atomic E-state index is 0.653. The standard InChI is InChI=1S/C19H29N3/c1-4-7-15(3)18-13-22-19-16(9-11-21-19)17(18)12-14(2)8-5-6-10-20/h9,11,13-14H,3-8,10,12,20H2,1-2H3,(H,21,22). The summed E-state index contributed by atoms with van der Waals surface area (Å²) in [5, 5.41) is 1.25. The molecule has 0 aliphatic rings. The molecule has 0 aliphatic heterocycles. The van der Waals surface area contributed by atoms with Crippen LogP contribution in [0.1, 0.15) is 57.1 Å². The van der Waals surface area contributed by atoms with Gasteiger partial charge in [-0.2, -0.15) is 0 Å². The normalized spacial score (nSPS) is 12.7. The van der Waals surface area contributed by atoms with Crippen molar-refractivity contribution in [3.05, 3.63) is 36.2 Å². The molecule has 1 unspecified atom stereocenters. The van der Waals surface area contributed by atoms with Gasteiger partial charge in [-0.1, -0.05) is 39.7 Å². The average Bonchev–Trinajstić information content (AvgIpc) is 2.97. The Balaban J connectivity index is 2.25. The average molecular weight is 299 g/mol. The monoisotopic (exact) mass is 299 g/mol. The van der Waals surface area contributed by atoms with Gasteiger partial charge < -0.3 is 10.7 Å². The number of unbranched alkanes of at least 4 members (excludes halogenated alkanes) is 1. The van der Waals surface area contributed by atoms with Crippen LogP contribution in [0, 0.1) is 5.92 Å². The lowest BCUT2D eigenvalue weighted by molar-refractivity contribution is 0.499.